The highest BCUT2D eigenvalue weighted by atomic mass is 35.5. The van der Waals surface area contributed by atoms with E-state index < -0.39 is 4.92 Å². The molecule has 0 bridgehead atoms. The van der Waals surface area contributed by atoms with E-state index in [-0.39, 0.29) is 40.8 Å². The zero-order valence-electron chi connectivity index (χ0n) is 14.0. The van der Waals surface area contributed by atoms with Gasteiger partial charge in [-0.2, -0.15) is 0 Å². The number of amides is 1. The van der Waals surface area contributed by atoms with Gasteiger partial charge in [0.2, 0.25) is 5.91 Å². The van der Waals surface area contributed by atoms with Crippen molar-refractivity contribution in [2.75, 3.05) is 11.9 Å². The summed E-state index contributed by atoms with van der Waals surface area (Å²) in [6.07, 6.45) is 0. The van der Waals surface area contributed by atoms with E-state index in [1.165, 1.54) is 18.2 Å². The second-order valence-electron chi connectivity index (χ2n) is 5.98. The van der Waals surface area contributed by atoms with Crippen molar-refractivity contribution in [2.24, 2.45) is 5.92 Å². The number of carbonyl (C=O) groups is 1. The second kappa shape index (κ2) is 8.60. The Morgan fingerprint density at radius 1 is 1.20 bits per heavy atom. The van der Waals surface area contributed by atoms with E-state index in [2.05, 4.69) is 24.5 Å². The minimum Gasteiger partial charge on any atom is -0.319 e. The lowest BCUT2D eigenvalue weighted by molar-refractivity contribution is -0.383. The van der Waals surface area contributed by atoms with Crippen LogP contribution in [0.15, 0.2) is 48.5 Å². The Morgan fingerprint density at radius 3 is 2.48 bits per heavy atom. The SMILES string of the molecule is CC(C)[C@H](NCC(=O)Nc1ccc(Cl)cc1[N+](=O)[O-])c1ccccc1. The smallest absolute Gasteiger partial charge is 0.294 e. The third-order valence-corrected chi connectivity index (χ3v) is 3.97. The maximum atomic E-state index is 12.2. The second-order valence-corrected chi connectivity index (χ2v) is 6.42. The van der Waals surface area contributed by atoms with Crippen LogP contribution in [0.2, 0.25) is 5.02 Å². The molecule has 1 atom stereocenters. The number of nitro benzene ring substituents is 1. The topological polar surface area (TPSA) is 84.3 Å². The predicted octanol–water partition coefficient (Wildman–Crippen LogP) is 4.17. The molecule has 0 aromatic heterocycles. The fourth-order valence-corrected chi connectivity index (χ4v) is 2.72. The Kier molecular flexibility index (Phi) is 6.50. The fraction of sp³-hybridized carbons (Fsp3) is 0.278. The molecular weight excluding hydrogens is 342 g/mol. The molecule has 0 saturated heterocycles. The molecule has 0 aliphatic rings. The molecule has 132 valence electrons. The van der Waals surface area contributed by atoms with Crippen molar-refractivity contribution in [3.63, 3.8) is 0 Å². The first-order valence-corrected chi connectivity index (χ1v) is 8.28. The van der Waals surface area contributed by atoms with Crippen LogP contribution < -0.4 is 10.6 Å². The molecule has 0 aliphatic heterocycles. The van der Waals surface area contributed by atoms with E-state index in [1.54, 1.807) is 0 Å². The van der Waals surface area contributed by atoms with E-state index >= 15 is 0 Å². The van der Waals surface area contributed by atoms with Crippen molar-refractivity contribution in [3.05, 3.63) is 69.2 Å². The van der Waals surface area contributed by atoms with Crippen molar-refractivity contribution >= 4 is 28.9 Å². The van der Waals surface area contributed by atoms with Crippen LogP contribution in [-0.4, -0.2) is 17.4 Å². The number of hydrogen-bond donors (Lipinski definition) is 2. The standard InChI is InChI=1S/C18H20ClN3O3/c1-12(2)18(13-6-4-3-5-7-13)20-11-17(23)21-15-9-8-14(19)10-16(15)22(24)25/h3-10,12,18,20H,11H2,1-2H3,(H,21,23)/t18-/m0/s1. The van der Waals surface area contributed by atoms with Crippen LogP contribution in [0.1, 0.15) is 25.5 Å². The molecule has 25 heavy (non-hydrogen) atoms. The highest BCUT2D eigenvalue weighted by Crippen LogP contribution is 2.27. The molecule has 2 rings (SSSR count). The zero-order chi connectivity index (χ0) is 18.4. The van der Waals surface area contributed by atoms with Gasteiger partial charge in [0.25, 0.3) is 5.69 Å². The Labute approximate surface area is 151 Å². The van der Waals surface area contributed by atoms with Crippen LogP contribution in [0.3, 0.4) is 0 Å². The first kappa shape index (κ1) is 18.9. The van der Waals surface area contributed by atoms with Gasteiger partial charge < -0.3 is 10.6 Å². The minimum atomic E-state index is -0.574. The lowest BCUT2D eigenvalue weighted by Crippen LogP contribution is -2.33. The molecule has 0 heterocycles. The Balaban J connectivity index is 2.04. The maximum Gasteiger partial charge on any atom is 0.294 e. The van der Waals surface area contributed by atoms with E-state index in [9.17, 15) is 14.9 Å². The number of anilines is 1. The quantitative estimate of drug-likeness (QED) is 0.572. The molecule has 0 saturated carbocycles. The van der Waals surface area contributed by atoms with Gasteiger partial charge in [0.05, 0.1) is 11.5 Å². The van der Waals surface area contributed by atoms with E-state index in [0.717, 1.165) is 5.56 Å². The van der Waals surface area contributed by atoms with Gasteiger partial charge in [0, 0.05) is 17.1 Å². The summed E-state index contributed by atoms with van der Waals surface area (Å²) >= 11 is 5.77. The van der Waals surface area contributed by atoms with Crippen LogP contribution in [0, 0.1) is 16.0 Å². The van der Waals surface area contributed by atoms with E-state index in [0.29, 0.717) is 0 Å². The van der Waals surface area contributed by atoms with Gasteiger partial charge in [-0.05, 0) is 23.6 Å². The molecule has 6 nitrogen and oxygen atoms in total. The highest BCUT2D eigenvalue weighted by Gasteiger charge is 2.19. The highest BCUT2D eigenvalue weighted by molar-refractivity contribution is 6.31. The van der Waals surface area contributed by atoms with Gasteiger partial charge in [-0.15, -0.1) is 0 Å². The average Bonchev–Trinajstić information content (AvgIpc) is 2.57. The number of nitro groups is 1. The molecule has 7 heteroatoms. The van der Waals surface area contributed by atoms with E-state index in [1.807, 2.05) is 30.3 Å². The summed E-state index contributed by atoms with van der Waals surface area (Å²) in [4.78, 5) is 22.7. The van der Waals surface area contributed by atoms with Crippen LogP contribution >= 0.6 is 11.6 Å². The summed E-state index contributed by atoms with van der Waals surface area (Å²) < 4.78 is 0. The monoisotopic (exact) mass is 361 g/mol. The van der Waals surface area contributed by atoms with Gasteiger partial charge in [-0.3, -0.25) is 14.9 Å². The average molecular weight is 362 g/mol. The van der Waals surface area contributed by atoms with Gasteiger partial charge in [-0.25, -0.2) is 0 Å². The largest absolute Gasteiger partial charge is 0.319 e. The molecule has 0 radical (unpaired) electrons. The van der Waals surface area contributed by atoms with Crippen LogP contribution in [-0.2, 0) is 4.79 Å². The number of halogens is 1. The van der Waals surface area contributed by atoms with Gasteiger partial charge in [-0.1, -0.05) is 55.8 Å². The molecule has 2 N–H and O–H groups in total. The first-order chi connectivity index (χ1) is 11.9. The lowest BCUT2D eigenvalue weighted by Gasteiger charge is -2.22. The van der Waals surface area contributed by atoms with E-state index in [4.69, 9.17) is 11.6 Å². The molecule has 2 aromatic rings. The zero-order valence-corrected chi connectivity index (χ0v) is 14.8. The maximum absolute atomic E-state index is 12.2. The number of benzene rings is 2. The number of rotatable bonds is 7. The number of hydrogen-bond acceptors (Lipinski definition) is 4. The van der Waals surface area contributed by atoms with Crippen molar-refractivity contribution in [2.45, 2.75) is 19.9 Å². The summed E-state index contributed by atoms with van der Waals surface area (Å²) in [5, 5.41) is 17.1. The van der Waals surface area contributed by atoms with Gasteiger partial charge in [0.15, 0.2) is 0 Å². The van der Waals surface area contributed by atoms with Crippen molar-refractivity contribution < 1.29 is 9.72 Å². The number of nitrogens with one attached hydrogen (secondary N) is 2. The molecule has 2 aromatic carbocycles. The van der Waals surface area contributed by atoms with Crippen LogP contribution in [0.5, 0.6) is 0 Å². The normalized spacial score (nSPS) is 12.0. The molecule has 0 unspecified atom stereocenters. The molecule has 1 amide bonds. The van der Waals surface area contributed by atoms with Gasteiger partial charge >= 0.3 is 0 Å². The first-order valence-electron chi connectivity index (χ1n) is 7.90. The summed E-state index contributed by atoms with van der Waals surface area (Å²) in [6.45, 7) is 4.16. The van der Waals surface area contributed by atoms with Crippen molar-refractivity contribution in [1.82, 2.24) is 5.32 Å². The third kappa shape index (κ3) is 5.27. The Morgan fingerprint density at radius 2 is 1.88 bits per heavy atom. The Hall–Kier alpha value is -2.44. The fourth-order valence-electron chi connectivity index (χ4n) is 2.56. The predicted molar refractivity (Wildman–Crippen MR) is 98.8 cm³/mol. The van der Waals surface area contributed by atoms with Gasteiger partial charge in [0.1, 0.15) is 5.69 Å². The van der Waals surface area contributed by atoms with Crippen LogP contribution in [0.4, 0.5) is 11.4 Å². The molecule has 0 fully saturated rings. The summed E-state index contributed by atoms with van der Waals surface area (Å²) in [5.74, 6) is -0.0768. The number of carbonyl (C=O) groups excluding carboxylic acids is 1. The minimum absolute atomic E-state index is 0.00662. The van der Waals surface area contributed by atoms with Crippen LogP contribution in [0.25, 0.3) is 0 Å². The number of nitrogens with zero attached hydrogens (tertiary/aromatic N) is 1. The molecule has 0 spiro atoms. The molecule has 0 aliphatic carbocycles. The molecular formula is C18H20ClN3O3. The lowest BCUT2D eigenvalue weighted by atomic mass is 9.96. The van der Waals surface area contributed by atoms with Crippen molar-refractivity contribution in [1.29, 1.82) is 0 Å². The third-order valence-electron chi connectivity index (χ3n) is 3.74. The van der Waals surface area contributed by atoms with Crippen molar-refractivity contribution in [3.8, 4) is 0 Å². The summed E-state index contributed by atoms with van der Waals surface area (Å²) in [5.41, 5.74) is 0.981. The summed E-state index contributed by atoms with van der Waals surface area (Å²) in [7, 11) is 0. The summed E-state index contributed by atoms with van der Waals surface area (Å²) in [6, 6.07) is 14.0. The Bertz CT molecular complexity index is 750.